The molecule has 23 heavy (non-hydrogen) atoms. The van der Waals surface area contributed by atoms with E-state index in [1.165, 1.54) is 103 Å². The van der Waals surface area contributed by atoms with Crippen molar-refractivity contribution in [1.82, 2.24) is 0 Å². The van der Waals surface area contributed by atoms with Crippen LogP contribution in [0.5, 0.6) is 0 Å². The van der Waals surface area contributed by atoms with Crippen LogP contribution < -0.4 is 0 Å². The highest BCUT2D eigenvalue weighted by Gasteiger charge is 2.09. The second-order valence-electron chi connectivity index (χ2n) is 7.03. The number of unbranched alkanes of at least 4 members (excludes halogenated alkanes) is 12. The molecule has 0 saturated carbocycles. The summed E-state index contributed by atoms with van der Waals surface area (Å²) in [6.07, 6.45) is 21.7. The maximum atomic E-state index is 5.19. The van der Waals surface area contributed by atoms with Gasteiger partial charge >= 0.3 is 0 Å². The van der Waals surface area contributed by atoms with Crippen LogP contribution in [0.3, 0.4) is 0 Å². The SMILES string of the molecule is CCCCCCCCCCC(CCCCCCCC)COOCl. The highest BCUT2D eigenvalue weighted by atomic mass is 35.5. The fourth-order valence-electron chi connectivity index (χ4n) is 3.21. The van der Waals surface area contributed by atoms with Gasteiger partial charge in [-0.25, -0.2) is 4.89 Å². The molecule has 0 fully saturated rings. The minimum Gasteiger partial charge on any atom is -0.218 e. The quantitative estimate of drug-likeness (QED) is 0.134. The van der Waals surface area contributed by atoms with Crippen LogP contribution in [0.2, 0.25) is 0 Å². The number of hydrogen-bond donors (Lipinski definition) is 0. The van der Waals surface area contributed by atoms with E-state index in [0.29, 0.717) is 12.5 Å². The van der Waals surface area contributed by atoms with Crippen LogP contribution in [-0.2, 0) is 9.33 Å². The highest BCUT2D eigenvalue weighted by Crippen LogP contribution is 2.20. The van der Waals surface area contributed by atoms with Gasteiger partial charge in [0.2, 0.25) is 0 Å². The van der Waals surface area contributed by atoms with E-state index in [1.54, 1.807) is 0 Å². The molecule has 2 nitrogen and oxygen atoms in total. The van der Waals surface area contributed by atoms with Crippen molar-refractivity contribution in [2.24, 2.45) is 5.92 Å². The maximum Gasteiger partial charge on any atom is 0.0999 e. The lowest BCUT2D eigenvalue weighted by atomic mass is 9.95. The smallest absolute Gasteiger partial charge is 0.0999 e. The molecular formula is C20H41ClO2. The molecule has 0 aliphatic heterocycles. The summed E-state index contributed by atoms with van der Waals surface area (Å²) in [5.41, 5.74) is 0. The van der Waals surface area contributed by atoms with Crippen molar-refractivity contribution >= 4 is 11.9 Å². The van der Waals surface area contributed by atoms with Gasteiger partial charge in [0.05, 0.1) is 18.5 Å². The molecule has 0 aromatic heterocycles. The number of hydrogen-bond acceptors (Lipinski definition) is 2. The fraction of sp³-hybridized carbons (Fsp3) is 1.00. The molecule has 0 rings (SSSR count). The summed E-state index contributed by atoms with van der Waals surface area (Å²) in [6, 6.07) is 0. The topological polar surface area (TPSA) is 18.5 Å². The molecule has 1 unspecified atom stereocenters. The van der Waals surface area contributed by atoms with E-state index in [2.05, 4.69) is 18.3 Å². The summed E-state index contributed by atoms with van der Waals surface area (Å²) in [5, 5.41) is 0. The summed E-state index contributed by atoms with van der Waals surface area (Å²) < 4.78 is 4.29. The third-order valence-electron chi connectivity index (χ3n) is 4.78. The Balaban J connectivity index is 3.54. The Hall–Kier alpha value is 0.210. The Bertz CT molecular complexity index is 212. The minimum absolute atomic E-state index is 0.611. The van der Waals surface area contributed by atoms with Crippen molar-refractivity contribution in [3.63, 3.8) is 0 Å². The van der Waals surface area contributed by atoms with Crippen molar-refractivity contribution in [2.75, 3.05) is 6.61 Å². The Kier molecular flexibility index (Phi) is 20.4. The van der Waals surface area contributed by atoms with E-state index >= 15 is 0 Å². The Morgan fingerprint density at radius 2 is 1.00 bits per heavy atom. The lowest BCUT2D eigenvalue weighted by Crippen LogP contribution is -2.09. The molecule has 3 heteroatoms. The van der Waals surface area contributed by atoms with Crippen LogP contribution in [-0.4, -0.2) is 6.61 Å². The first-order valence-corrected chi connectivity index (χ1v) is 10.6. The summed E-state index contributed by atoms with van der Waals surface area (Å²) in [4.78, 5) is 4.98. The zero-order valence-corrected chi connectivity index (χ0v) is 16.5. The van der Waals surface area contributed by atoms with Crippen molar-refractivity contribution in [1.29, 1.82) is 0 Å². The molecule has 0 saturated heterocycles. The fourth-order valence-corrected chi connectivity index (χ4v) is 3.26. The van der Waals surface area contributed by atoms with E-state index < -0.39 is 0 Å². The van der Waals surface area contributed by atoms with Gasteiger partial charge in [0.25, 0.3) is 0 Å². The van der Waals surface area contributed by atoms with Gasteiger partial charge in [0.1, 0.15) is 0 Å². The second kappa shape index (κ2) is 20.3. The molecule has 1 atom stereocenters. The van der Waals surface area contributed by atoms with Gasteiger partial charge < -0.3 is 0 Å². The van der Waals surface area contributed by atoms with E-state index in [-0.39, 0.29) is 0 Å². The van der Waals surface area contributed by atoms with Crippen LogP contribution >= 0.6 is 11.9 Å². The van der Waals surface area contributed by atoms with Gasteiger partial charge in [-0.1, -0.05) is 104 Å². The first kappa shape index (κ1) is 23.2. The van der Waals surface area contributed by atoms with E-state index in [0.717, 1.165) is 0 Å². The van der Waals surface area contributed by atoms with E-state index in [9.17, 15) is 0 Å². The van der Waals surface area contributed by atoms with Gasteiger partial charge in [0.15, 0.2) is 0 Å². The predicted molar refractivity (Wildman–Crippen MR) is 102 cm³/mol. The zero-order valence-electron chi connectivity index (χ0n) is 15.8. The summed E-state index contributed by atoms with van der Waals surface area (Å²) in [5.74, 6) is 0.611. The largest absolute Gasteiger partial charge is 0.218 e. The minimum atomic E-state index is 0.611. The molecule has 0 radical (unpaired) electrons. The lowest BCUT2D eigenvalue weighted by Gasteiger charge is -2.15. The van der Waals surface area contributed by atoms with Crippen LogP contribution in [0.25, 0.3) is 0 Å². The predicted octanol–water partition coefficient (Wildman–Crippen LogP) is 7.99. The third-order valence-corrected chi connectivity index (χ3v) is 4.87. The number of halogens is 1. The Morgan fingerprint density at radius 3 is 1.39 bits per heavy atom. The average Bonchev–Trinajstić information content (AvgIpc) is 2.57. The van der Waals surface area contributed by atoms with Gasteiger partial charge in [0, 0.05) is 0 Å². The molecule has 0 aromatic carbocycles. The Labute approximate surface area is 150 Å². The molecule has 0 heterocycles. The summed E-state index contributed by atoms with van der Waals surface area (Å²) in [7, 11) is 0. The molecule has 0 aliphatic carbocycles. The summed E-state index contributed by atoms with van der Waals surface area (Å²) >= 11 is 5.19. The standard InChI is InChI=1S/C20H41ClO2/c1-3-5-7-9-11-12-14-16-18-20(19-22-23-21)17-15-13-10-8-6-4-2/h20H,3-19H2,1-2H3. The highest BCUT2D eigenvalue weighted by molar-refractivity contribution is 6.06. The molecule has 0 bridgehead atoms. The van der Waals surface area contributed by atoms with Gasteiger partial charge in [-0.3, -0.25) is 0 Å². The van der Waals surface area contributed by atoms with Gasteiger partial charge in [-0.2, -0.15) is 0 Å². The maximum absolute atomic E-state index is 5.19. The molecular weight excluding hydrogens is 308 g/mol. The van der Waals surface area contributed by atoms with Crippen LogP contribution in [0.15, 0.2) is 0 Å². The Morgan fingerprint density at radius 1 is 0.609 bits per heavy atom. The molecule has 0 aromatic rings. The van der Waals surface area contributed by atoms with E-state index in [1.807, 2.05) is 0 Å². The first-order chi connectivity index (χ1) is 11.3. The molecule has 0 N–H and O–H groups in total. The van der Waals surface area contributed by atoms with Gasteiger partial charge in [-0.05, 0) is 18.8 Å². The van der Waals surface area contributed by atoms with Gasteiger partial charge in [-0.15, -0.1) is 4.44 Å². The zero-order chi connectivity index (χ0) is 17.0. The summed E-state index contributed by atoms with van der Waals surface area (Å²) in [6.45, 7) is 5.19. The molecule has 0 spiro atoms. The van der Waals surface area contributed by atoms with Crippen molar-refractivity contribution in [2.45, 2.75) is 117 Å². The monoisotopic (exact) mass is 348 g/mol. The van der Waals surface area contributed by atoms with Crippen molar-refractivity contribution < 1.29 is 9.33 Å². The van der Waals surface area contributed by atoms with E-state index in [4.69, 9.17) is 16.8 Å². The number of rotatable bonds is 19. The van der Waals surface area contributed by atoms with Crippen LogP contribution in [0.1, 0.15) is 117 Å². The normalized spacial score (nSPS) is 12.7. The van der Waals surface area contributed by atoms with Crippen molar-refractivity contribution in [3.05, 3.63) is 0 Å². The third kappa shape index (κ3) is 18.4. The molecule has 0 aliphatic rings. The second-order valence-corrected chi connectivity index (χ2v) is 7.16. The van der Waals surface area contributed by atoms with Crippen molar-refractivity contribution in [3.8, 4) is 0 Å². The molecule has 0 amide bonds. The van der Waals surface area contributed by atoms with Crippen LogP contribution in [0, 0.1) is 5.92 Å². The lowest BCUT2D eigenvalue weighted by molar-refractivity contribution is -0.213. The average molecular weight is 349 g/mol. The van der Waals surface area contributed by atoms with Crippen LogP contribution in [0.4, 0.5) is 0 Å². The first-order valence-electron chi connectivity index (χ1n) is 10.2. The molecule has 140 valence electrons.